The van der Waals surface area contributed by atoms with E-state index in [-0.39, 0.29) is 17.5 Å². The fourth-order valence-electron chi connectivity index (χ4n) is 3.07. The third-order valence-electron chi connectivity index (χ3n) is 4.53. The molecule has 0 spiro atoms. The van der Waals surface area contributed by atoms with Gasteiger partial charge in [-0.05, 0) is 55.5 Å². The monoisotopic (exact) mass is 389 g/mol. The summed E-state index contributed by atoms with van der Waals surface area (Å²) in [5, 5.41) is 4.50. The first-order chi connectivity index (χ1) is 13.9. The van der Waals surface area contributed by atoms with Crippen LogP contribution < -0.4 is 5.32 Å². The van der Waals surface area contributed by atoms with Crippen molar-refractivity contribution in [2.75, 3.05) is 5.32 Å². The predicted molar refractivity (Wildman–Crippen MR) is 116 cm³/mol. The van der Waals surface area contributed by atoms with Gasteiger partial charge in [0.2, 0.25) is 0 Å². The number of benzene rings is 2. The van der Waals surface area contributed by atoms with Crippen LogP contribution in [0.2, 0.25) is 0 Å². The molecule has 0 atom stereocenters. The van der Waals surface area contributed by atoms with Crippen molar-refractivity contribution in [1.82, 2.24) is 9.97 Å². The average Bonchev–Trinajstić information content (AvgIpc) is 3.32. The highest BCUT2D eigenvalue weighted by Crippen LogP contribution is 2.22. The number of fused-ring (bicyclic) bond motifs is 2. The molecular weight excluding hydrogens is 366 g/mol. The number of hydrogen-bond donors (Lipinski definition) is 3. The van der Waals surface area contributed by atoms with Crippen LogP contribution in [0.3, 0.4) is 0 Å². The van der Waals surface area contributed by atoms with Crippen LogP contribution in [0, 0.1) is 0 Å². The first-order valence-corrected chi connectivity index (χ1v) is 9.49. The number of rotatable bonds is 4. The molecule has 3 N–H and O–H groups in total. The Balaban J connectivity index is 0.00000117. The van der Waals surface area contributed by atoms with Gasteiger partial charge in [-0.1, -0.05) is 13.8 Å². The number of anilines is 1. The zero-order valence-corrected chi connectivity index (χ0v) is 16.8. The van der Waals surface area contributed by atoms with E-state index in [2.05, 4.69) is 15.3 Å². The van der Waals surface area contributed by atoms with Crippen molar-refractivity contribution in [3.8, 4) is 0 Å². The molecule has 0 bridgehead atoms. The number of H-pyrrole nitrogens is 2. The third kappa shape index (κ3) is 4.11. The number of amides is 1. The second-order valence-corrected chi connectivity index (χ2v) is 6.54. The van der Waals surface area contributed by atoms with Gasteiger partial charge in [0.15, 0.2) is 11.6 Å². The number of nitrogens with one attached hydrogen (secondary N) is 3. The van der Waals surface area contributed by atoms with Crippen LogP contribution in [-0.2, 0) is 0 Å². The number of carbonyl (C=O) groups excluding carboxylic acids is 3. The lowest BCUT2D eigenvalue weighted by atomic mass is 10.1. The average molecular weight is 389 g/mol. The molecule has 2 heterocycles. The summed E-state index contributed by atoms with van der Waals surface area (Å²) < 4.78 is 0. The van der Waals surface area contributed by atoms with E-state index in [0.29, 0.717) is 22.6 Å². The zero-order chi connectivity index (χ0) is 21.1. The van der Waals surface area contributed by atoms with E-state index in [1.54, 1.807) is 36.4 Å². The van der Waals surface area contributed by atoms with Crippen molar-refractivity contribution >= 4 is 45.0 Å². The maximum absolute atomic E-state index is 12.6. The van der Waals surface area contributed by atoms with E-state index in [9.17, 15) is 14.4 Å². The smallest absolute Gasteiger partial charge is 0.272 e. The highest BCUT2D eigenvalue weighted by molar-refractivity contribution is 6.08. The van der Waals surface area contributed by atoms with Crippen molar-refractivity contribution in [3.05, 3.63) is 65.5 Å². The molecule has 0 aliphatic heterocycles. The van der Waals surface area contributed by atoms with Gasteiger partial charge in [0.1, 0.15) is 5.69 Å². The van der Waals surface area contributed by atoms with Gasteiger partial charge in [-0.3, -0.25) is 14.4 Å². The second-order valence-electron chi connectivity index (χ2n) is 6.54. The minimum Gasteiger partial charge on any atom is -0.352 e. The van der Waals surface area contributed by atoms with Crippen molar-refractivity contribution in [3.63, 3.8) is 0 Å². The Bertz CT molecular complexity index is 1230. The molecule has 2 aromatic carbocycles. The van der Waals surface area contributed by atoms with E-state index in [0.717, 1.165) is 21.8 Å². The Morgan fingerprint density at radius 3 is 1.97 bits per heavy atom. The summed E-state index contributed by atoms with van der Waals surface area (Å²) in [6, 6.07) is 14.2. The van der Waals surface area contributed by atoms with E-state index in [1.165, 1.54) is 13.8 Å². The lowest BCUT2D eigenvalue weighted by Gasteiger charge is -2.03. The molecule has 0 saturated heterocycles. The summed E-state index contributed by atoms with van der Waals surface area (Å²) in [6.45, 7) is 7.01. The molecule has 148 valence electrons. The van der Waals surface area contributed by atoms with Gasteiger partial charge < -0.3 is 15.3 Å². The number of aromatic nitrogens is 2. The Kier molecular flexibility index (Phi) is 5.64. The van der Waals surface area contributed by atoms with E-state index in [4.69, 9.17) is 0 Å². The molecule has 4 rings (SSSR count). The van der Waals surface area contributed by atoms with Crippen LogP contribution in [0.25, 0.3) is 21.8 Å². The van der Waals surface area contributed by atoms with Crippen molar-refractivity contribution in [2.45, 2.75) is 27.7 Å². The lowest BCUT2D eigenvalue weighted by molar-refractivity contribution is 0.100. The number of ketones is 2. The molecule has 6 nitrogen and oxygen atoms in total. The lowest BCUT2D eigenvalue weighted by Crippen LogP contribution is -2.11. The van der Waals surface area contributed by atoms with Gasteiger partial charge in [0.05, 0.1) is 5.69 Å². The molecule has 0 unspecified atom stereocenters. The summed E-state index contributed by atoms with van der Waals surface area (Å²) in [6.07, 6.45) is 0. The normalized spacial score (nSPS) is 10.5. The van der Waals surface area contributed by atoms with Crippen molar-refractivity contribution in [2.24, 2.45) is 0 Å². The molecule has 0 saturated carbocycles. The summed E-state index contributed by atoms with van der Waals surface area (Å²) in [5.74, 6) is -0.342. The Hall–Kier alpha value is -3.67. The molecule has 29 heavy (non-hydrogen) atoms. The van der Waals surface area contributed by atoms with Crippen molar-refractivity contribution < 1.29 is 14.4 Å². The van der Waals surface area contributed by atoms with Crippen LogP contribution in [0.1, 0.15) is 59.0 Å². The Morgan fingerprint density at radius 2 is 1.31 bits per heavy atom. The van der Waals surface area contributed by atoms with Gasteiger partial charge in [-0.25, -0.2) is 0 Å². The van der Waals surface area contributed by atoms with E-state index in [1.807, 2.05) is 26.0 Å². The standard InChI is InChI=1S/C21H17N3O3.C2H6/c1-11(25)13-3-5-17-14(7-13)10-20(24-17)21(27)22-16-4-6-18-15(8-16)9-19(23-18)12(2)26;1-2/h3-10,23-24H,1-2H3,(H,22,27);1-2H3. The van der Waals surface area contributed by atoms with Crippen molar-refractivity contribution in [1.29, 1.82) is 0 Å². The van der Waals surface area contributed by atoms with Gasteiger partial charge in [-0.15, -0.1) is 0 Å². The molecule has 0 fully saturated rings. The minimum atomic E-state index is -0.280. The fraction of sp³-hybridized carbons (Fsp3) is 0.174. The quantitative estimate of drug-likeness (QED) is 0.412. The molecule has 4 aromatic rings. The fourth-order valence-corrected chi connectivity index (χ4v) is 3.07. The Morgan fingerprint density at radius 1 is 0.724 bits per heavy atom. The minimum absolute atomic E-state index is 0.0196. The van der Waals surface area contributed by atoms with E-state index >= 15 is 0 Å². The first-order valence-electron chi connectivity index (χ1n) is 9.49. The third-order valence-corrected chi connectivity index (χ3v) is 4.53. The first kappa shape index (κ1) is 20.1. The highest BCUT2D eigenvalue weighted by Gasteiger charge is 2.12. The van der Waals surface area contributed by atoms with Gasteiger partial charge in [-0.2, -0.15) is 0 Å². The van der Waals surface area contributed by atoms with Gasteiger partial charge in [0, 0.05) is 40.0 Å². The van der Waals surface area contributed by atoms with Crippen LogP contribution in [0.5, 0.6) is 0 Å². The van der Waals surface area contributed by atoms with Crippen LogP contribution >= 0.6 is 0 Å². The van der Waals surface area contributed by atoms with Crippen LogP contribution in [0.4, 0.5) is 5.69 Å². The van der Waals surface area contributed by atoms with Crippen LogP contribution in [0.15, 0.2) is 48.5 Å². The summed E-state index contributed by atoms with van der Waals surface area (Å²) in [7, 11) is 0. The number of carbonyl (C=O) groups is 3. The SMILES string of the molecule is CC.CC(=O)c1ccc2[nH]c(C(=O)Nc3ccc4[nH]c(C(C)=O)cc4c3)cc2c1. The molecule has 0 aliphatic carbocycles. The van der Waals surface area contributed by atoms with E-state index < -0.39 is 0 Å². The van der Waals surface area contributed by atoms with Gasteiger partial charge >= 0.3 is 0 Å². The molecular formula is C23H23N3O3. The largest absolute Gasteiger partial charge is 0.352 e. The predicted octanol–water partition coefficient (Wildman–Crippen LogP) is 5.33. The highest BCUT2D eigenvalue weighted by atomic mass is 16.2. The number of Topliss-reactive ketones (excluding diaryl/α,β-unsaturated/α-hetero) is 2. The summed E-state index contributed by atoms with van der Waals surface area (Å²) >= 11 is 0. The molecule has 6 heteroatoms. The van der Waals surface area contributed by atoms with Crippen LogP contribution in [-0.4, -0.2) is 27.4 Å². The maximum Gasteiger partial charge on any atom is 0.272 e. The molecule has 1 amide bonds. The topological polar surface area (TPSA) is 94.8 Å². The number of hydrogen-bond acceptors (Lipinski definition) is 3. The molecule has 0 aliphatic rings. The maximum atomic E-state index is 12.6. The molecule has 0 radical (unpaired) electrons. The number of aromatic amines is 2. The van der Waals surface area contributed by atoms with Gasteiger partial charge in [0.25, 0.3) is 5.91 Å². The Labute approximate surface area is 168 Å². The molecule has 2 aromatic heterocycles. The second kappa shape index (κ2) is 8.14. The zero-order valence-electron chi connectivity index (χ0n) is 16.8. The summed E-state index contributed by atoms with van der Waals surface area (Å²) in [4.78, 5) is 41.7. The summed E-state index contributed by atoms with van der Waals surface area (Å²) in [5.41, 5.74) is 3.80.